The molecule has 0 aromatic carbocycles. The van der Waals surface area contributed by atoms with E-state index in [9.17, 15) is 14.4 Å². The molecule has 0 aliphatic heterocycles. The molecule has 2 saturated carbocycles. The first-order valence-corrected chi connectivity index (χ1v) is 11.5. The van der Waals surface area contributed by atoms with E-state index in [-0.39, 0.29) is 22.1 Å². The van der Waals surface area contributed by atoms with Crippen LogP contribution in [-0.4, -0.2) is 30.2 Å². The molecule has 8 heteroatoms. The number of rotatable bonds is 7. The van der Waals surface area contributed by atoms with Crippen molar-refractivity contribution in [2.75, 3.05) is 0 Å². The summed E-state index contributed by atoms with van der Waals surface area (Å²) in [6.45, 7) is 4.86. The van der Waals surface area contributed by atoms with E-state index in [2.05, 4.69) is 4.98 Å². The highest BCUT2D eigenvalue weighted by molar-refractivity contribution is 5.79. The fourth-order valence-corrected chi connectivity index (χ4v) is 5.89. The van der Waals surface area contributed by atoms with E-state index in [1.807, 2.05) is 19.9 Å². The van der Waals surface area contributed by atoms with Gasteiger partial charge in [0.05, 0.1) is 0 Å². The molecule has 2 heterocycles. The maximum Gasteiger partial charge on any atom is 0.332 e. The lowest BCUT2D eigenvalue weighted by Crippen LogP contribution is -2.43. The largest absolute Gasteiger partial charge is 0.478 e. The van der Waals surface area contributed by atoms with Gasteiger partial charge in [-0.15, -0.1) is 0 Å². The zero-order chi connectivity index (χ0) is 22.2. The first-order chi connectivity index (χ1) is 14.8. The summed E-state index contributed by atoms with van der Waals surface area (Å²) in [6.07, 6.45) is 11.3. The SMILES string of the molecule is CCCn1c(=O)c2[nH]c(C34CCCC(/C=C/C(=O)O)(CCC3)C4)nc2n(CCC)c1=O. The number of hydrogen-bond acceptors (Lipinski definition) is 4. The number of aromatic amines is 1. The first-order valence-electron chi connectivity index (χ1n) is 11.5. The van der Waals surface area contributed by atoms with Crippen LogP contribution in [0.4, 0.5) is 0 Å². The van der Waals surface area contributed by atoms with Gasteiger partial charge in [0.2, 0.25) is 0 Å². The van der Waals surface area contributed by atoms with Crippen LogP contribution in [0.5, 0.6) is 0 Å². The molecule has 2 aromatic rings. The average molecular weight is 429 g/mol. The van der Waals surface area contributed by atoms with Crippen molar-refractivity contribution in [3.05, 3.63) is 38.8 Å². The maximum absolute atomic E-state index is 13.1. The molecule has 0 amide bonds. The molecule has 2 bridgehead atoms. The van der Waals surface area contributed by atoms with Crippen molar-refractivity contribution in [3.63, 3.8) is 0 Å². The number of hydrogen-bond donors (Lipinski definition) is 2. The van der Waals surface area contributed by atoms with Crippen LogP contribution in [0.15, 0.2) is 21.7 Å². The number of allylic oxidation sites excluding steroid dienone is 1. The predicted octanol–water partition coefficient (Wildman–Crippen LogP) is 3.33. The third-order valence-electron chi connectivity index (χ3n) is 7.19. The van der Waals surface area contributed by atoms with Crippen LogP contribution in [-0.2, 0) is 23.3 Å². The van der Waals surface area contributed by atoms with Gasteiger partial charge in [-0.05, 0) is 50.4 Å². The lowest BCUT2D eigenvalue weighted by Gasteiger charge is -2.50. The highest BCUT2D eigenvalue weighted by Gasteiger charge is 2.49. The van der Waals surface area contributed by atoms with Gasteiger partial charge in [-0.25, -0.2) is 14.6 Å². The molecule has 0 radical (unpaired) electrons. The van der Waals surface area contributed by atoms with Gasteiger partial charge in [-0.2, -0.15) is 0 Å². The number of imidazole rings is 1. The quantitative estimate of drug-likeness (QED) is 0.657. The second-order valence-electron chi connectivity index (χ2n) is 9.37. The lowest BCUT2D eigenvalue weighted by molar-refractivity contribution is -0.131. The van der Waals surface area contributed by atoms with Crippen molar-refractivity contribution in [1.82, 2.24) is 19.1 Å². The second kappa shape index (κ2) is 8.13. The lowest BCUT2D eigenvalue weighted by atomic mass is 9.54. The number of nitrogens with zero attached hydrogens (tertiary/aromatic N) is 3. The number of H-pyrrole nitrogens is 1. The van der Waals surface area contributed by atoms with Crippen LogP contribution >= 0.6 is 0 Å². The number of carboxylic acid groups (broad SMARTS) is 1. The molecule has 31 heavy (non-hydrogen) atoms. The van der Waals surface area contributed by atoms with Gasteiger partial charge in [0, 0.05) is 24.6 Å². The standard InChI is InChI=1S/C23H32N4O4/c1-3-13-26-18-17(19(30)27(14-4-2)21(26)31)24-20(25-18)23-10-5-8-22(15-23,9-6-11-23)12-7-16(28)29/h7,12H,3-6,8-11,13-15H2,1-2H3,(H,24,25)(H,28,29)/b12-7+. The van der Waals surface area contributed by atoms with Crippen LogP contribution in [0.25, 0.3) is 11.2 Å². The molecule has 2 aromatic heterocycles. The van der Waals surface area contributed by atoms with Crippen molar-refractivity contribution in [1.29, 1.82) is 0 Å². The zero-order valence-corrected chi connectivity index (χ0v) is 18.4. The highest BCUT2D eigenvalue weighted by atomic mass is 16.4. The monoisotopic (exact) mass is 428 g/mol. The van der Waals surface area contributed by atoms with Crippen LogP contribution in [0, 0.1) is 5.41 Å². The Labute approximate surface area is 181 Å². The first kappa shape index (κ1) is 21.6. The molecule has 0 spiro atoms. The number of aromatic nitrogens is 4. The van der Waals surface area contributed by atoms with Crippen molar-refractivity contribution >= 4 is 17.1 Å². The molecule has 4 rings (SSSR count). The van der Waals surface area contributed by atoms with Gasteiger partial charge in [0.25, 0.3) is 5.56 Å². The maximum atomic E-state index is 13.1. The van der Waals surface area contributed by atoms with Crippen molar-refractivity contribution in [2.45, 2.75) is 90.1 Å². The zero-order valence-electron chi connectivity index (χ0n) is 18.4. The third-order valence-corrected chi connectivity index (χ3v) is 7.19. The van der Waals surface area contributed by atoms with E-state index in [1.165, 1.54) is 10.6 Å². The smallest absolute Gasteiger partial charge is 0.332 e. The Morgan fingerprint density at radius 3 is 2.35 bits per heavy atom. The van der Waals surface area contributed by atoms with Crippen LogP contribution in [0.3, 0.4) is 0 Å². The molecule has 2 fully saturated rings. The topological polar surface area (TPSA) is 110 Å². The average Bonchev–Trinajstić information content (AvgIpc) is 3.19. The summed E-state index contributed by atoms with van der Waals surface area (Å²) < 4.78 is 2.95. The molecule has 2 N–H and O–H groups in total. The van der Waals surface area contributed by atoms with Gasteiger partial charge < -0.3 is 10.1 Å². The summed E-state index contributed by atoms with van der Waals surface area (Å²) >= 11 is 0. The number of fused-ring (bicyclic) bond motifs is 3. The van der Waals surface area contributed by atoms with Crippen molar-refractivity contribution in [3.8, 4) is 0 Å². The van der Waals surface area contributed by atoms with E-state index in [0.717, 1.165) is 57.2 Å². The number of nitrogens with one attached hydrogen (secondary N) is 1. The van der Waals surface area contributed by atoms with Crippen LogP contribution < -0.4 is 11.2 Å². The molecule has 2 aliphatic carbocycles. The van der Waals surface area contributed by atoms with Gasteiger partial charge in [-0.3, -0.25) is 13.9 Å². The fraction of sp³-hybridized carbons (Fsp3) is 0.652. The number of aliphatic carboxylic acids is 1. The van der Waals surface area contributed by atoms with Crippen molar-refractivity contribution in [2.24, 2.45) is 5.41 Å². The normalized spacial score (nSPS) is 26.0. The van der Waals surface area contributed by atoms with E-state index in [4.69, 9.17) is 10.1 Å². The van der Waals surface area contributed by atoms with Gasteiger partial charge in [0.15, 0.2) is 5.65 Å². The van der Waals surface area contributed by atoms with E-state index in [1.54, 1.807) is 4.57 Å². The predicted molar refractivity (Wildman–Crippen MR) is 118 cm³/mol. The Hall–Kier alpha value is -2.64. The Kier molecular flexibility index (Phi) is 5.66. The number of carbonyl (C=O) groups is 1. The van der Waals surface area contributed by atoms with Gasteiger partial charge >= 0.3 is 11.7 Å². The molecule has 168 valence electrons. The Morgan fingerprint density at radius 1 is 1.10 bits per heavy atom. The van der Waals surface area contributed by atoms with E-state index < -0.39 is 5.97 Å². The highest BCUT2D eigenvalue weighted by Crippen LogP contribution is 2.56. The molecule has 0 atom stereocenters. The third kappa shape index (κ3) is 3.66. The van der Waals surface area contributed by atoms with Crippen LogP contribution in [0.2, 0.25) is 0 Å². The molecular formula is C23H32N4O4. The molecule has 8 nitrogen and oxygen atoms in total. The van der Waals surface area contributed by atoms with Crippen molar-refractivity contribution < 1.29 is 9.90 Å². The minimum Gasteiger partial charge on any atom is -0.478 e. The summed E-state index contributed by atoms with van der Waals surface area (Å²) in [5.41, 5.74) is -0.0757. The minimum atomic E-state index is -0.917. The Balaban J connectivity index is 1.85. The second-order valence-corrected chi connectivity index (χ2v) is 9.37. The summed E-state index contributed by atoms with van der Waals surface area (Å²) in [4.78, 5) is 45.5. The van der Waals surface area contributed by atoms with Crippen LogP contribution in [0.1, 0.15) is 77.5 Å². The van der Waals surface area contributed by atoms with E-state index in [0.29, 0.717) is 30.7 Å². The molecular weight excluding hydrogens is 396 g/mol. The minimum absolute atomic E-state index is 0.140. The number of carboxylic acids is 1. The fourth-order valence-electron chi connectivity index (χ4n) is 5.89. The summed E-state index contributed by atoms with van der Waals surface area (Å²) in [6, 6.07) is 0. The molecule has 0 saturated heterocycles. The van der Waals surface area contributed by atoms with Gasteiger partial charge in [0.1, 0.15) is 11.3 Å². The Bertz CT molecular complexity index is 1130. The number of aryl methyl sites for hydroxylation is 1. The van der Waals surface area contributed by atoms with Gasteiger partial charge in [-0.1, -0.05) is 32.8 Å². The molecule has 2 aliphatic rings. The summed E-state index contributed by atoms with van der Waals surface area (Å²) in [7, 11) is 0. The van der Waals surface area contributed by atoms with E-state index >= 15 is 0 Å². The summed E-state index contributed by atoms with van der Waals surface area (Å²) in [5, 5.41) is 9.15. The summed E-state index contributed by atoms with van der Waals surface area (Å²) in [5.74, 6) is -0.134. The molecule has 0 unspecified atom stereocenters. The Morgan fingerprint density at radius 2 is 1.74 bits per heavy atom.